The first-order valence-corrected chi connectivity index (χ1v) is 7.79. The van der Waals surface area contributed by atoms with Crippen molar-refractivity contribution in [3.8, 4) is 11.4 Å². The summed E-state index contributed by atoms with van der Waals surface area (Å²) in [4.78, 5) is 4.55. The van der Waals surface area contributed by atoms with Crippen molar-refractivity contribution in [2.75, 3.05) is 0 Å². The van der Waals surface area contributed by atoms with Gasteiger partial charge in [0.1, 0.15) is 11.4 Å². The van der Waals surface area contributed by atoms with Crippen LogP contribution in [0.3, 0.4) is 0 Å². The SMILES string of the molecule is C[C@H](CCn1cccn1)n1ccnc1-c1ccc2occc2c1. The molecule has 3 heterocycles. The monoisotopic (exact) mass is 306 g/mol. The molecule has 0 aliphatic heterocycles. The average molecular weight is 306 g/mol. The minimum atomic E-state index is 0.344. The minimum Gasteiger partial charge on any atom is -0.464 e. The van der Waals surface area contributed by atoms with Crippen molar-refractivity contribution in [2.45, 2.75) is 25.9 Å². The third kappa shape index (κ3) is 2.65. The average Bonchev–Trinajstić information content (AvgIpc) is 3.32. The molecule has 5 heteroatoms. The van der Waals surface area contributed by atoms with Crippen LogP contribution in [0, 0.1) is 0 Å². The molecule has 0 amide bonds. The van der Waals surface area contributed by atoms with Gasteiger partial charge in [-0.1, -0.05) is 0 Å². The lowest BCUT2D eigenvalue weighted by atomic mass is 10.1. The molecule has 1 atom stereocenters. The second-order valence-corrected chi connectivity index (χ2v) is 5.74. The molecule has 5 nitrogen and oxygen atoms in total. The summed E-state index contributed by atoms with van der Waals surface area (Å²) >= 11 is 0. The van der Waals surface area contributed by atoms with E-state index in [1.165, 1.54) is 0 Å². The number of aryl methyl sites for hydroxylation is 1. The maximum Gasteiger partial charge on any atom is 0.140 e. The lowest BCUT2D eigenvalue weighted by molar-refractivity contribution is 0.449. The number of rotatable bonds is 5. The van der Waals surface area contributed by atoms with Gasteiger partial charge in [0, 0.05) is 48.3 Å². The summed E-state index contributed by atoms with van der Waals surface area (Å²) in [7, 11) is 0. The van der Waals surface area contributed by atoms with Crippen molar-refractivity contribution < 1.29 is 4.42 Å². The van der Waals surface area contributed by atoms with Gasteiger partial charge < -0.3 is 8.98 Å². The summed E-state index contributed by atoms with van der Waals surface area (Å²) in [6.07, 6.45) is 10.4. The van der Waals surface area contributed by atoms with Crippen molar-refractivity contribution in [1.29, 1.82) is 0 Å². The normalized spacial score (nSPS) is 12.7. The van der Waals surface area contributed by atoms with Crippen molar-refractivity contribution in [3.63, 3.8) is 0 Å². The van der Waals surface area contributed by atoms with Gasteiger partial charge in [-0.15, -0.1) is 0 Å². The van der Waals surface area contributed by atoms with Crippen LogP contribution in [0.15, 0.2) is 65.8 Å². The standard InChI is InChI=1S/C18H18N4O/c1-14(5-10-21-9-2-7-20-21)22-11-8-19-18(22)16-3-4-17-15(13-16)6-12-23-17/h2-4,6-9,11-14H,5,10H2,1H3/t14-/m1/s1. The van der Waals surface area contributed by atoms with E-state index in [4.69, 9.17) is 4.42 Å². The smallest absolute Gasteiger partial charge is 0.140 e. The Balaban J connectivity index is 1.59. The van der Waals surface area contributed by atoms with E-state index >= 15 is 0 Å². The van der Waals surface area contributed by atoms with Crippen LogP contribution in [-0.2, 0) is 6.54 Å². The molecule has 0 radical (unpaired) electrons. The van der Waals surface area contributed by atoms with Crippen molar-refractivity contribution >= 4 is 11.0 Å². The Morgan fingerprint density at radius 1 is 1.17 bits per heavy atom. The molecule has 0 aliphatic rings. The van der Waals surface area contributed by atoms with Crippen LogP contribution in [0.1, 0.15) is 19.4 Å². The van der Waals surface area contributed by atoms with Crippen LogP contribution in [0.2, 0.25) is 0 Å². The zero-order valence-corrected chi connectivity index (χ0v) is 13.0. The molecule has 0 aliphatic carbocycles. The second kappa shape index (κ2) is 5.76. The molecule has 0 fully saturated rings. The highest BCUT2D eigenvalue weighted by Gasteiger charge is 2.13. The Kier molecular flexibility index (Phi) is 3.46. The molecule has 0 unspecified atom stereocenters. The molecule has 0 bridgehead atoms. The molecule has 4 rings (SSSR count). The Morgan fingerprint density at radius 3 is 3.00 bits per heavy atom. The summed E-state index contributed by atoms with van der Waals surface area (Å²) in [6, 6.07) is 10.5. The number of benzene rings is 1. The number of hydrogen-bond acceptors (Lipinski definition) is 3. The maximum atomic E-state index is 5.41. The van der Waals surface area contributed by atoms with Gasteiger partial charge >= 0.3 is 0 Å². The number of aromatic nitrogens is 4. The van der Waals surface area contributed by atoms with Crippen LogP contribution in [0.4, 0.5) is 0 Å². The molecule has 1 aromatic carbocycles. The first kappa shape index (κ1) is 13.8. The van der Waals surface area contributed by atoms with E-state index in [0.29, 0.717) is 6.04 Å². The fourth-order valence-electron chi connectivity index (χ4n) is 2.89. The largest absolute Gasteiger partial charge is 0.464 e. The Bertz CT molecular complexity index is 904. The third-order valence-corrected chi connectivity index (χ3v) is 4.19. The zero-order valence-electron chi connectivity index (χ0n) is 13.0. The first-order valence-electron chi connectivity index (χ1n) is 7.79. The number of fused-ring (bicyclic) bond motifs is 1. The summed E-state index contributed by atoms with van der Waals surface area (Å²) < 4.78 is 9.60. The molecule has 0 saturated carbocycles. The predicted molar refractivity (Wildman–Crippen MR) is 89.0 cm³/mol. The van der Waals surface area contributed by atoms with Crippen molar-refractivity contribution in [1.82, 2.24) is 19.3 Å². The van der Waals surface area contributed by atoms with Crippen LogP contribution >= 0.6 is 0 Å². The molecule has 23 heavy (non-hydrogen) atoms. The maximum absolute atomic E-state index is 5.41. The molecule has 0 saturated heterocycles. The van der Waals surface area contributed by atoms with E-state index in [1.807, 2.05) is 47.7 Å². The highest BCUT2D eigenvalue weighted by Crippen LogP contribution is 2.26. The van der Waals surface area contributed by atoms with Crippen LogP contribution in [0.5, 0.6) is 0 Å². The zero-order chi connectivity index (χ0) is 15.6. The fourth-order valence-corrected chi connectivity index (χ4v) is 2.89. The van der Waals surface area contributed by atoms with Gasteiger partial charge in [-0.2, -0.15) is 5.10 Å². The first-order chi connectivity index (χ1) is 11.3. The molecule has 0 spiro atoms. The van der Waals surface area contributed by atoms with E-state index in [-0.39, 0.29) is 0 Å². The fraction of sp³-hybridized carbons (Fsp3) is 0.222. The highest BCUT2D eigenvalue weighted by molar-refractivity contribution is 5.82. The van der Waals surface area contributed by atoms with Gasteiger partial charge in [0.05, 0.1) is 6.26 Å². The topological polar surface area (TPSA) is 48.8 Å². The highest BCUT2D eigenvalue weighted by atomic mass is 16.3. The lowest BCUT2D eigenvalue weighted by Crippen LogP contribution is -2.10. The summed E-state index contributed by atoms with van der Waals surface area (Å²) in [5.74, 6) is 0.987. The minimum absolute atomic E-state index is 0.344. The van der Waals surface area contributed by atoms with Gasteiger partial charge in [-0.25, -0.2) is 4.98 Å². The molecule has 4 aromatic rings. The summed E-state index contributed by atoms with van der Waals surface area (Å²) in [5, 5.41) is 5.36. The molecule has 3 aromatic heterocycles. The van der Waals surface area contributed by atoms with Gasteiger partial charge in [0.2, 0.25) is 0 Å². The molecule has 0 N–H and O–H groups in total. The van der Waals surface area contributed by atoms with Crippen LogP contribution < -0.4 is 0 Å². The third-order valence-electron chi connectivity index (χ3n) is 4.19. The second-order valence-electron chi connectivity index (χ2n) is 5.74. The van der Waals surface area contributed by atoms with Gasteiger partial charge in [0.25, 0.3) is 0 Å². The van der Waals surface area contributed by atoms with Gasteiger partial charge in [-0.05, 0) is 43.7 Å². The van der Waals surface area contributed by atoms with Crippen molar-refractivity contribution in [3.05, 3.63) is 61.4 Å². The van der Waals surface area contributed by atoms with Crippen LogP contribution in [0.25, 0.3) is 22.4 Å². The summed E-state index contributed by atoms with van der Waals surface area (Å²) in [6.45, 7) is 3.11. The lowest BCUT2D eigenvalue weighted by Gasteiger charge is -2.16. The molecular formula is C18H18N4O. The van der Waals surface area contributed by atoms with E-state index in [9.17, 15) is 0 Å². The van der Waals surface area contributed by atoms with E-state index in [0.717, 1.165) is 35.3 Å². The Hall–Kier alpha value is -2.82. The van der Waals surface area contributed by atoms with Gasteiger partial charge in [0.15, 0.2) is 0 Å². The number of hydrogen-bond donors (Lipinski definition) is 0. The number of furan rings is 1. The van der Waals surface area contributed by atoms with E-state index < -0.39 is 0 Å². The summed E-state index contributed by atoms with van der Waals surface area (Å²) in [5.41, 5.74) is 2.01. The van der Waals surface area contributed by atoms with E-state index in [2.05, 4.69) is 33.7 Å². The van der Waals surface area contributed by atoms with Crippen LogP contribution in [-0.4, -0.2) is 19.3 Å². The Morgan fingerprint density at radius 2 is 2.13 bits per heavy atom. The Labute approximate surface area is 134 Å². The predicted octanol–water partition coefficient (Wildman–Crippen LogP) is 4.14. The quantitative estimate of drug-likeness (QED) is 0.556. The number of imidazole rings is 1. The van der Waals surface area contributed by atoms with Crippen molar-refractivity contribution in [2.24, 2.45) is 0 Å². The van der Waals surface area contributed by atoms with E-state index in [1.54, 1.807) is 6.26 Å². The molecular weight excluding hydrogens is 288 g/mol. The van der Waals surface area contributed by atoms with Gasteiger partial charge in [-0.3, -0.25) is 4.68 Å². The number of nitrogens with zero attached hydrogens (tertiary/aromatic N) is 4. The molecule has 116 valence electrons.